The highest BCUT2D eigenvalue weighted by Gasteiger charge is 2.23. The summed E-state index contributed by atoms with van der Waals surface area (Å²) in [5.41, 5.74) is 1.27. The van der Waals surface area contributed by atoms with E-state index in [-0.39, 0.29) is 0 Å². The van der Waals surface area contributed by atoms with Crippen LogP contribution in [0.25, 0.3) is 0 Å². The van der Waals surface area contributed by atoms with Gasteiger partial charge in [0.1, 0.15) is 0 Å². The molecule has 1 saturated carbocycles. The highest BCUT2D eigenvalue weighted by molar-refractivity contribution is 9.10. The lowest BCUT2D eigenvalue weighted by molar-refractivity contribution is 0.487. The Morgan fingerprint density at radius 3 is 2.88 bits per heavy atom. The first kappa shape index (κ1) is 12.4. The molecule has 0 saturated heterocycles. The average Bonchev–Trinajstić information content (AvgIpc) is 3.00. The minimum Gasteiger partial charge on any atom is -0.310 e. The van der Waals surface area contributed by atoms with E-state index in [1.165, 1.54) is 24.8 Å². The molecule has 1 nitrogen and oxygen atoms in total. The maximum absolute atomic E-state index is 5.91. The molecular weight excluding hydrogens is 286 g/mol. The van der Waals surface area contributed by atoms with Gasteiger partial charge < -0.3 is 5.32 Å². The number of nitrogens with one attached hydrogen (secondary N) is 1. The third-order valence-electron chi connectivity index (χ3n) is 3.04. The average molecular weight is 303 g/mol. The molecule has 0 aliphatic heterocycles. The van der Waals surface area contributed by atoms with Gasteiger partial charge in [0.05, 0.1) is 0 Å². The Morgan fingerprint density at radius 1 is 1.50 bits per heavy atom. The Kier molecular flexibility index (Phi) is 4.28. The summed E-state index contributed by atoms with van der Waals surface area (Å²) in [6.45, 7) is 3.17. The Bertz CT molecular complexity index is 363. The molecule has 3 heteroatoms. The predicted molar refractivity (Wildman–Crippen MR) is 72.8 cm³/mol. The molecule has 1 fully saturated rings. The first-order valence-electron chi connectivity index (χ1n) is 5.82. The molecule has 0 amide bonds. The third kappa shape index (κ3) is 3.76. The van der Waals surface area contributed by atoms with Crippen molar-refractivity contribution in [1.29, 1.82) is 0 Å². The van der Waals surface area contributed by atoms with Crippen LogP contribution in [0, 0.1) is 5.92 Å². The van der Waals surface area contributed by atoms with E-state index in [2.05, 4.69) is 34.2 Å². The zero-order chi connectivity index (χ0) is 11.5. The minimum atomic E-state index is 0.607. The summed E-state index contributed by atoms with van der Waals surface area (Å²) in [5.74, 6) is 0.983. The van der Waals surface area contributed by atoms with Crippen molar-refractivity contribution in [3.63, 3.8) is 0 Å². The predicted octanol–water partition coefficient (Wildman–Crippen LogP) is 4.38. The van der Waals surface area contributed by atoms with Gasteiger partial charge in [-0.15, -0.1) is 0 Å². The van der Waals surface area contributed by atoms with Crippen LogP contribution in [0.2, 0.25) is 5.02 Å². The standard InChI is InChI=1S/C13H17BrClN/c1-9(6-10-2-3-10)16-8-11-4-5-12(15)7-13(11)14/h4-5,7,9-10,16H,2-3,6,8H2,1H3. The molecule has 1 aromatic rings. The van der Waals surface area contributed by atoms with Crippen molar-refractivity contribution >= 4 is 27.5 Å². The molecule has 0 bridgehead atoms. The molecule has 1 atom stereocenters. The lowest BCUT2D eigenvalue weighted by atomic mass is 10.1. The van der Waals surface area contributed by atoms with Crippen molar-refractivity contribution in [2.45, 2.75) is 38.8 Å². The molecule has 0 heterocycles. The van der Waals surface area contributed by atoms with Gasteiger partial charge in [0.15, 0.2) is 0 Å². The van der Waals surface area contributed by atoms with E-state index in [0.717, 1.165) is 22.0 Å². The van der Waals surface area contributed by atoms with Crippen LogP contribution < -0.4 is 5.32 Å². The van der Waals surface area contributed by atoms with Crippen molar-refractivity contribution in [3.05, 3.63) is 33.3 Å². The van der Waals surface area contributed by atoms with E-state index in [0.29, 0.717) is 6.04 Å². The van der Waals surface area contributed by atoms with E-state index >= 15 is 0 Å². The molecule has 0 spiro atoms. The summed E-state index contributed by atoms with van der Waals surface area (Å²) in [4.78, 5) is 0. The van der Waals surface area contributed by atoms with Crippen molar-refractivity contribution in [2.24, 2.45) is 5.92 Å². The highest BCUT2D eigenvalue weighted by Crippen LogP contribution is 2.33. The maximum Gasteiger partial charge on any atom is 0.0417 e. The van der Waals surface area contributed by atoms with Crippen LogP contribution in [0.4, 0.5) is 0 Å². The topological polar surface area (TPSA) is 12.0 Å². The maximum atomic E-state index is 5.91. The first-order valence-corrected chi connectivity index (χ1v) is 6.99. The second kappa shape index (κ2) is 5.52. The largest absolute Gasteiger partial charge is 0.310 e. The van der Waals surface area contributed by atoms with Crippen LogP contribution in [-0.2, 0) is 6.54 Å². The Morgan fingerprint density at radius 2 is 2.25 bits per heavy atom. The zero-order valence-corrected chi connectivity index (χ0v) is 11.8. The van der Waals surface area contributed by atoms with Crippen molar-refractivity contribution in [1.82, 2.24) is 5.32 Å². The third-order valence-corrected chi connectivity index (χ3v) is 4.01. The van der Waals surface area contributed by atoms with Gasteiger partial charge in [0.25, 0.3) is 0 Å². The van der Waals surface area contributed by atoms with E-state index in [1.54, 1.807) is 0 Å². The van der Waals surface area contributed by atoms with Gasteiger partial charge in [-0.2, -0.15) is 0 Å². The van der Waals surface area contributed by atoms with Crippen LogP contribution in [0.3, 0.4) is 0 Å². The zero-order valence-electron chi connectivity index (χ0n) is 9.47. The molecular formula is C13H17BrClN. The number of rotatable bonds is 5. The van der Waals surface area contributed by atoms with E-state index in [1.807, 2.05) is 12.1 Å². The van der Waals surface area contributed by atoms with Crippen LogP contribution in [0.1, 0.15) is 31.7 Å². The highest BCUT2D eigenvalue weighted by atomic mass is 79.9. The molecule has 1 unspecified atom stereocenters. The summed E-state index contributed by atoms with van der Waals surface area (Å²) in [6, 6.07) is 6.57. The van der Waals surface area contributed by atoms with Crippen molar-refractivity contribution in [2.75, 3.05) is 0 Å². The van der Waals surface area contributed by atoms with Gasteiger partial charge in [-0.3, -0.25) is 0 Å². The van der Waals surface area contributed by atoms with Gasteiger partial charge in [0.2, 0.25) is 0 Å². The molecule has 88 valence electrons. The Labute approximate surface area is 111 Å². The quantitative estimate of drug-likeness (QED) is 0.851. The van der Waals surface area contributed by atoms with Crippen LogP contribution in [0.15, 0.2) is 22.7 Å². The number of hydrogen-bond acceptors (Lipinski definition) is 1. The van der Waals surface area contributed by atoms with Gasteiger partial charge in [-0.1, -0.05) is 46.4 Å². The summed E-state index contributed by atoms with van der Waals surface area (Å²) in [6.07, 6.45) is 4.17. The van der Waals surface area contributed by atoms with Crippen molar-refractivity contribution < 1.29 is 0 Å². The van der Waals surface area contributed by atoms with Crippen LogP contribution >= 0.6 is 27.5 Å². The number of halogens is 2. The fourth-order valence-electron chi connectivity index (χ4n) is 1.89. The monoisotopic (exact) mass is 301 g/mol. The number of hydrogen-bond donors (Lipinski definition) is 1. The van der Waals surface area contributed by atoms with E-state index in [9.17, 15) is 0 Å². The Balaban J connectivity index is 1.83. The number of benzene rings is 1. The molecule has 1 aliphatic carbocycles. The molecule has 1 N–H and O–H groups in total. The second-order valence-corrected chi connectivity index (χ2v) is 5.99. The SMILES string of the molecule is CC(CC1CC1)NCc1ccc(Cl)cc1Br. The Hall–Kier alpha value is -0.0500. The lowest BCUT2D eigenvalue weighted by Crippen LogP contribution is -2.26. The molecule has 0 aromatic heterocycles. The van der Waals surface area contributed by atoms with Gasteiger partial charge in [-0.25, -0.2) is 0 Å². The molecule has 2 rings (SSSR count). The van der Waals surface area contributed by atoms with Gasteiger partial charge in [-0.05, 0) is 37.0 Å². The second-order valence-electron chi connectivity index (χ2n) is 4.70. The molecule has 1 aromatic carbocycles. The summed E-state index contributed by atoms with van der Waals surface area (Å²) in [7, 11) is 0. The van der Waals surface area contributed by atoms with Crippen LogP contribution in [0.5, 0.6) is 0 Å². The normalized spacial score (nSPS) is 17.4. The summed E-state index contributed by atoms with van der Waals surface area (Å²) >= 11 is 9.44. The van der Waals surface area contributed by atoms with E-state index in [4.69, 9.17) is 11.6 Å². The van der Waals surface area contributed by atoms with Gasteiger partial charge >= 0.3 is 0 Å². The van der Waals surface area contributed by atoms with E-state index < -0.39 is 0 Å². The molecule has 0 radical (unpaired) electrons. The molecule has 16 heavy (non-hydrogen) atoms. The summed E-state index contributed by atoms with van der Waals surface area (Å²) in [5, 5.41) is 4.34. The minimum absolute atomic E-state index is 0.607. The van der Waals surface area contributed by atoms with Crippen LogP contribution in [-0.4, -0.2) is 6.04 Å². The lowest BCUT2D eigenvalue weighted by Gasteiger charge is -2.14. The molecule has 1 aliphatic rings. The van der Waals surface area contributed by atoms with Gasteiger partial charge in [0, 0.05) is 22.1 Å². The first-order chi connectivity index (χ1) is 7.65. The van der Waals surface area contributed by atoms with Crippen molar-refractivity contribution in [3.8, 4) is 0 Å². The smallest absolute Gasteiger partial charge is 0.0417 e. The fraction of sp³-hybridized carbons (Fsp3) is 0.538. The fourth-order valence-corrected chi connectivity index (χ4v) is 2.71. The summed E-state index contributed by atoms with van der Waals surface area (Å²) < 4.78 is 1.09.